The van der Waals surface area contributed by atoms with Crippen molar-refractivity contribution in [3.05, 3.63) is 89.0 Å². The lowest BCUT2D eigenvalue weighted by Crippen LogP contribution is -2.32. The minimum Gasteiger partial charge on any atom is -0.380 e. The Balaban J connectivity index is 1.95. The molecule has 1 aliphatic carbocycles. The molecule has 2 heteroatoms. The number of ketones is 1. The van der Waals surface area contributed by atoms with Crippen LogP contribution in [0.1, 0.15) is 35.3 Å². The quantitative estimate of drug-likeness (QED) is 0.855. The highest BCUT2D eigenvalue weighted by molar-refractivity contribution is 6.04. The van der Waals surface area contributed by atoms with E-state index >= 15 is 0 Å². The highest BCUT2D eigenvalue weighted by Crippen LogP contribution is 2.45. The third-order valence-corrected chi connectivity index (χ3v) is 4.66. The van der Waals surface area contributed by atoms with Crippen LogP contribution in [0.25, 0.3) is 6.08 Å². The van der Waals surface area contributed by atoms with Crippen molar-refractivity contribution in [2.75, 3.05) is 0 Å². The predicted molar refractivity (Wildman–Crippen MR) is 93.1 cm³/mol. The Morgan fingerprint density at radius 3 is 2.48 bits per heavy atom. The predicted octanol–water partition coefficient (Wildman–Crippen LogP) is 4.37. The summed E-state index contributed by atoms with van der Waals surface area (Å²) < 4.78 is 0. The van der Waals surface area contributed by atoms with Crippen molar-refractivity contribution in [3.63, 3.8) is 0 Å². The van der Waals surface area contributed by atoms with E-state index < -0.39 is 11.5 Å². The molecular weight excluding hydrogens is 284 g/mol. The average molecular weight is 304 g/mol. The summed E-state index contributed by atoms with van der Waals surface area (Å²) in [5.41, 5.74) is 1.98. The molecule has 1 aliphatic rings. The molecule has 0 aliphatic heterocycles. The fourth-order valence-electron chi connectivity index (χ4n) is 3.24. The highest BCUT2D eigenvalue weighted by atomic mass is 16.3. The number of aliphatic hydroxyl groups is 1. The van der Waals surface area contributed by atoms with Crippen molar-refractivity contribution in [2.45, 2.75) is 19.4 Å². The van der Waals surface area contributed by atoms with Gasteiger partial charge < -0.3 is 5.11 Å². The Bertz CT molecular complexity index is 786. The number of fused-ring (bicyclic) bond motifs is 1. The van der Waals surface area contributed by atoms with Crippen molar-refractivity contribution < 1.29 is 9.90 Å². The van der Waals surface area contributed by atoms with Gasteiger partial charge in [0.15, 0.2) is 5.78 Å². The highest BCUT2D eigenvalue weighted by Gasteiger charge is 2.49. The SMILES string of the molecule is C/C(=C\C=C\c1ccccc1)[C@]1(O)c2ccccc2C(=O)[C@H]1C. The Hall–Kier alpha value is -2.45. The van der Waals surface area contributed by atoms with Gasteiger partial charge in [0, 0.05) is 5.56 Å². The third-order valence-electron chi connectivity index (χ3n) is 4.66. The number of allylic oxidation sites excluding steroid dienone is 2. The second kappa shape index (κ2) is 5.98. The molecule has 0 unspecified atom stereocenters. The molecule has 0 bridgehead atoms. The first-order valence-corrected chi connectivity index (χ1v) is 7.81. The second-order valence-electron chi connectivity index (χ2n) is 6.02. The molecule has 2 aromatic carbocycles. The molecule has 0 aromatic heterocycles. The van der Waals surface area contributed by atoms with Crippen LogP contribution in [0.3, 0.4) is 0 Å². The van der Waals surface area contributed by atoms with Crippen molar-refractivity contribution in [3.8, 4) is 0 Å². The number of benzene rings is 2. The van der Waals surface area contributed by atoms with Crippen molar-refractivity contribution in [1.82, 2.24) is 0 Å². The van der Waals surface area contributed by atoms with Gasteiger partial charge in [0.05, 0.1) is 5.92 Å². The molecule has 23 heavy (non-hydrogen) atoms. The van der Waals surface area contributed by atoms with Crippen molar-refractivity contribution >= 4 is 11.9 Å². The number of hydrogen-bond donors (Lipinski definition) is 1. The summed E-state index contributed by atoms with van der Waals surface area (Å²) in [4.78, 5) is 12.4. The first kappa shape index (κ1) is 15.4. The molecule has 2 atom stereocenters. The van der Waals surface area contributed by atoms with Gasteiger partial charge in [0.2, 0.25) is 0 Å². The molecule has 3 rings (SSSR count). The zero-order valence-electron chi connectivity index (χ0n) is 13.4. The molecule has 0 fully saturated rings. The first-order valence-electron chi connectivity index (χ1n) is 7.81. The Kier molecular flexibility index (Phi) is 4.01. The Morgan fingerprint density at radius 1 is 1.09 bits per heavy atom. The number of Topliss-reactive ketones (excluding diaryl/α,β-unsaturated/α-hetero) is 1. The van der Waals surface area contributed by atoms with E-state index in [1.807, 2.05) is 73.7 Å². The normalized spacial score (nSPS) is 24.2. The number of carbonyl (C=O) groups is 1. The largest absolute Gasteiger partial charge is 0.380 e. The Morgan fingerprint density at radius 2 is 1.74 bits per heavy atom. The number of rotatable bonds is 3. The molecular formula is C21H20O2. The fraction of sp³-hybridized carbons (Fsp3) is 0.190. The monoisotopic (exact) mass is 304 g/mol. The van der Waals surface area contributed by atoms with Crippen molar-refractivity contribution in [2.24, 2.45) is 5.92 Å². The van der Waals surface area contributed by atoms with E-state index in [1.165, 1.54) is 0 Å². The molecule has 1 N–H and O–H groups in total. The van der Waals surface area contributed by atoms with Crippen molar-refractivity contribution in [1.29, 1.82) is 0 Å². The van der Waals surface area contributed by atoms with Gasteiger partial charge in [-0.05, 0) is 23.6 Å². The molecule has 2 aromatic rings. The summed E-state index contributed by atoms with van der Waals surface area (Å²) in [6, 6.07) is 17.3. The number of hydrogen-bond acceptors (Lipinski definition) is 2. The number of carbonyl (C=O) groups excluding carboxylic acids is 1. The van der Waals surface area contributed by atoms with E-state index in [0.717, 1.165) is 11.1 Å². The zero-order chi connectivity index (χ0) is 16.4. The van der Waals surface area contributed by atoms with Crippen LogP contribution in [0.2, 0.25) is 0 Å². The van der Waals surface area contributed by atoms with Gasteiger partial charge in [-0.15, -0.1) is 0 Å². The molecule has 2 nitrogen and oxygen atoms in total. The summed E-state index contributed by atoms with van der Waals surface area (Å²) in [5.74, 6) is -0.468. The lowest BCUT2D eigenvalue weighted by molar-refractivity contribution is 0.0319. The van der Waals surface area contributed by atoms with Crippen LogP contribution in [-0.2, 0) is 5.60 Å². The lowest BCUT2D eigenvalue weighted by Gasteiger charge is -2.29. The molecule has 0 saturated heterocycles. The maximum atomic E-state index is 12.4. The van der Waals surface area contributed by atoms with Gasteiger partial charge in [-0.3, -0.25) is 4.79 Å². The van der Waals surface area contributed by atoms with Crippen LogP contribution < -0.4 is 0 Å². The summed E-state index contributed by atoms with van der Waals surface area (Å²) in [6.45, 7) is 3.67. The molecule has 116 valence electrons. The Labute approximate surface area is 136 Å². The van der Waals surface area contributed by atoms with Gasteiger partial charge in [0.1, 0.15) is 5.60 Å². The van der Waals surface area contributed by atoms with Gasteiger partial charge >= 0.3 is 0 Å². The van der Waals surface area contributed by atoms with Gasteiger partial charge in [0.25, 0.3) is 0 Å². The van der Waals surface area contributed by atoms with Gasteiger partial charge in [-0.2, -0.15) is 0 Å². The van der Waals surface area contributed by atoms with Gasteiger partial charge in [-0.25, -0.2) is 0 Å². The van der Waals surface area contributed by atoms with E-state index in [2.05, 4.69) is 0 Å². The van der Waals surface area contributed by atoms with Crippen LogP contribution in [0.5, 0.6) is 0 Å². The standard InChI is InChI=1S/C21H20O2/c1-15(9-8-12-17-10-4-3-5-11-17)21(23)16(2)20(22)18-13-6-7-14-19(18)21/h3-14,16,23H,1-2H3/b12-8+,15-9+/t16-,21-/m1/s1. The van der Waals surface area contributed by atoms with Crippen LogP contribution in [0.15, 0.2) is 72.3 Å². The van der Waals surface area contributed by atoms with E-state index in [-0.39, 0.29) is 5.78 Å². The topological polar surface area (TPSA) is 37.3 Å². The van der Waals surface area contributed by atoms with E-state index in [4.69, 9.17) is 0 Å². The first-order chi connectivity index (χ1) is 11.0. The zero-order valence-corrected chi connectivity index (χ0v) is 13.4. The summed E-state index contributed by atoms with van der Waals surface area (Å²) >= 11 is 0. The van der Waals surface area contributed by atoms with E-state index in [9.17, 15) is 9.90 Å². The summed E-state index contributed by atoms with van der Waals surface area (Å²) in [6.07, 6.45) is 5.79. The minimum atomic E-state index is -1.23. The smallest absolute Gasteiger partial charge is 0.169 e. The lowest BCUT2D eigenvalue weighted by atomic mass is 9.81. The van der Waals surface area contributed by atoms with Crippen LogP contribution >= 0.6 is 0 Å². The van der Waals surface area contributed by atoms with Crippen LogP contribution in [0, 0.1) is 5.92 Å². The van der Waals surface area contributed by atoms with E-state index in [0.29, 0.717) is 11.1 Å². The average Bonchev–Trinajstić information content (AvgIpc) is 2.79. The van der Waals surface area contributed by atoms with Crippen LogP contribution in [0.4, 0.5) is 0 Å². The molecule has 0 heterocycles. The van der Waals surface area contributed by atoms with E-state index in [1.54, 1.807) is 13.0 Å². The molecule has 0 saturated carbocycles. The maximum absolute atomic E-state index is 12.4. The maximum Gasteiger partial charge on any atom is 0.169 e. The molecule has 0 radical (unpaired) electrons. The molecule has 0 amide bonds. The fourth-order valence-corrected chi connectivity index (χ4v) is 3.24. The third kappa shape index (κ3) is 2.55. The molecule has 0 spiro atoms. The minimum absolute atomic E-state index is 0.00267. The summed E-state index contributed by atoms with van der Waals surface area (Å²) in [5, 5.41) is 11.2. The van der Waals surface area contributed by atoms with Gasteiger partial charge in [-0.1, -0.05) is 79.7 Å². The second-order valence-corrected chi connectivity index (χ2v) is 6.02. The summed E-state index contributed by atoms with van der Waals surface area (Å²) in [7, 11) is 0. The van der Waals surface area contributed by atoms with Crippen LogP contribution in [-0.4, -0.2) is 10.9 Å².